The third-order valence-corrected chi connectivity index (χ3v) is 4.42. The summed E-state index contributed by atoms with van der Waals surface area (Å²) < 4.78 is 33.8. The molecule has 0 radical (unpaired) electrons. The highest BCUT2D eigenvalue weighted by molar-refractivity contribution is 7.09. The number of hydrogen-bond donors (Lipinski definition) is 1. The summed E-state index contributed by atoms with van der Waals surface area (Å²) in [5, 5.41) is 10.2. The van der Waals surface area contributed by atoms with Gasteiger partial charge in [-0.2, -0.15) is 13.2 Å². The molecule has 0 bridgehead atoms. The maximum Gasteiger partial charge on any atom is 0.490 e. The molecule has 0 fully saturated rings. The zero-order valence-electron chi connectivity index (χ0n) is 14.6. The van der Waals surface area contributed by atoms with Crippen LogP contribution in [0.15, 0.2) is 17.8 Å². The third-order valence-electron chi connectivity index (χ3n) is 3.65. The molecule has 0 saturated heterocycles. The Kier molecular flexibility index (Phi) is 6.54. The fourth-order valence-corrected chi connectivity index (χ4v) is 3.02. The minimum Gasteiger partial charge on any atom is -0.475 e. The quantitative estimate of drug-likeness (QED) is 0.836. The van der Waals surface area contributed by atoms with Crippen molar-refractivity contribution in [1.82, 2.24) is 24.3 Å². The standard InChI is InChI=1S/C13H17N5OS.C2HF3O2/c1-16(2)13(19)10-7-15-11-8-17(4-5-18(10)11)9-12-14-3-6-20-12;3-2(4,5)1(6)7/h3,6-7H,4-5,8-9H2,1-2H3;(H,6,7). The molecule has 3 heterocycles. The van der Waals surface area contributed by atoms with Crippen LogP contribution in [0.25, 0.3) is 0 Å². The molecule has 0 aromatic carbocycles. The van der Waals surface area contributed by atoms with Gasteiger partial charge in [-0.05, 0) is 0 Å². The summed E-state index contributed by atoms with van der Waals surface area (Å²) in [4.78, 5) is 33.6. The van der Waals surface area contributed by atoms with E-state index in [0.29, 0.717) is 5.69 Å². The van der Waals surface area contributed by atoms with Crippen LogP contribution in [0.5, 0.6) is 0 Å². The number of aliphatic carboxylic acids is 1. The molecule has 0 atom stereocenters. The van der Waals surface area contributed by atoms with Crippen molar-refractivity contribution in [2.45, 2.75) is 25.8 Å². The highest BCUT2D eigenvalue weighted by atomic mass is 32.1. The summed E-state index contributed by atoms with van der Waals surface area (Å²) in [5.74, 6) is -1.79. The van der Waals surface area contributed by atoms with Crippen molar-refractivity contribution in [3.05, 3.63) is 34.3 Å². The van der Waals surface area contributed by atoms with Crippen molar-refractivity contribution in [2.24, 2.45) is 0 Å². The van der Waals surface area contributed by atoms with Crippen LogP contribution in [0.2, 0.25) is 0 Å². The summed E-state index contributed by atoms with van der Waals surface area (Å²) in [7, 11) is 3.53. The maximum atomic E-state index is 12.1. The summed E-state index contributed by atoms with van der Waals surface area (Å²) in [5.41, 5.74) is 0.680. The van der Waals surface area contributed by atoms with Crippen LogP contribution in [0.3, 0.4) is 0 Å². The van der Waals surface area contributed by atoms with Gasteiger partial charge in [0.25, 0.3) is 5.91 Å². The first-order chi connectivity index (χ1) is 12.6. The van der Waals surface area contributed by atoms with Gasteiger partial charge in [0.05, 0.1) is 19.3 Å². The van der Waals surface area contributed by atoms with Gasteiger partial charge in [-0.15, -0.1) is 11.3 Å². The summed E-state index contributed by atoms with van der Waals surface area (Å²) in [6, 6.07) is 0. The molecule has 1 amide bonds. The van der Waals surface area contributed by atoms with Crippen LogP contribution in [0.4, 0.5) is 13.2 Å². The molecule has 0 spiro atoms. The number of halogens is 3. The second kappa shape index (κ2) is 8.48. The van der Waals surface area contributed by atoms with E-state index in [1.807, 2.05) is 16.1 Å². The minimum atomic E-state index is -5.08. The van der Waals surface area contributed by atoms with Crippen LogP contribution < -0.4 is 0 Å². The van der Waals surface area contributed by atoms with Gasteiger partial charge >= 0.3 is 12.1 Å². The molecule has 2 aromatic rings. The Hall–Kier alpha value is -2.47. The minimum absolute atomic E-state index is 0.0112. The van der Waals surface area contributed by atoms with Gasteiger partial charge in [0.2, 0.25) is 0 Å². The zero-order valence-corrected chi connectivity index (χ0v) is 15.4. The normalized spacial score (nSPS) is 14.1. The Bertz CT molecular complexity index is 789. The van der Waals surface area contributed by atoms with E-state index in [0.717, 1.165) is 37.0 Å². The number of carbonyl (C=O) groups is 2. The number of aromatic nitrogens is 3. The van der Waals surface area contributed by atoms with Crippen LogP contribution in [-0.2, 0) is 24.4 Å². The van der Waals surface area contributed by atoms with E-state index in [9.17, 15) is 18.0 Å². The molecule has 0 unspecified atom stereocenters. The molecular weight excluding hydrogens is 387 g/mol. The highest BCUT2D eigenvalue weighted by Crippen LogP contribution is 2.18. The number of thiazole rings is 1. The second-order valence-corrected chi connectivity index (χ2v) is 6.83. The monoisotopic (exact) mass is 405 g/mol. The summed E-state index contributed by atoms with van der Waals surface area (Å²) >= 11 is 1.67. The lowest BCUT2D eigenvalue weighted by molar-refractivity contribution is -0.192. The van der Waals surface area contributed by atoms with Gasteiger partial charge in [0.15, 0.2) is 0 Å². The summed E-state index contributed by atoms with van der Waals surface area (Å²) in [6.45, 7) is 3.33. The average Bonchev–Trinajstić information content (AvgIpc) is 3.23. The first-order valence-corrected chi connectivity index (χ1v) is 8.64. The Balaban J connectivity index is 0.000000321. The SMILES string of the molecule is CN(C)C(=O)c1cnc2n1CCN(Cc1nccs1)C2.O=C(O)C(F)(F)F. The molecule has 2 aromatic heterocycles. The highest BCUT2D eigenvalue weighted by Gasteiger charge is 2.38. The number of imidazole rings is 1. The molecule has 0 aliphatic carbocycles. The number of fused-ring (bicyclic) bond motifs is 1. The van der Waals surface area contributed by atoms with E-state index >= 15 is 0 Å². The Labute approximate surface area is 156 Å². The number of amides is 1. The molecule has 12 heteroatoms. The van der Waals surface area contributed by atoms with Gasteiger partial charge < -0.3 is 14.6 Å². The molecule has 1 aliphatic rings. The number of alkyl halides is 3. The number of nitrogens with zero attached hydrogens (tertiary/aromatic N) is 5. The number of hydrogen-bond acceptors (Lipinski definition) is 6. The molecular formula is C15H18F3N5O3S. The largest absolute Gasteiger partial charge is 0.490 e. The predicted octanol–water partition coefficient (Wildman–Crippen LogP) is 1.69. The molecule has 3 rings (SSSR count). The Morgan fingerprint density at radius 2 is 1.96 bits per heavy atom. The van der Waals surface area contributed by atoms with E-state index in [4.69, 9.17) is 9.90 Å². The van der Waals surface area contributed by atoms with E-state index < -0.39 is 12.1 Å². The molecule has 8 nitrogen and oxygen atoms in total. The van der Waals surface area contributed by atoms with Gasteiger partial charge in [0.1, 0.15) is 16.5 Å². The topological polar surface area (TPSA) is 91.6 Å². The first kappa shape index (κ1) is 20.8. The smallest absolute Gasteiger partial charge is 0.475 e. The predicted molar refractivity (Wildman–Crippen MR) is 90.2 cm³/mol. The summed E-state index contributed by atoms with van der Waals surface area (Å²) in [6.07, 6.45) is -1.57. The van der Waals surface area contributed by atoms with Crippen LogP contribution in [0.1, 0.15) is 21.3 Å². The lowest BCUT2D eigenvalue weighted by Gasteiger charge is -2.27. The van der Waals surface area contributed by atoms with Gasteiger partial charge in [-0.25, -0.2) is 14.8 Å². The van der Waals surface area contributed by atoms with Crippen LogP contribution in [0, 0.1) is 0 Å². The third kappa shape index (κ3) is 5.50. The van der Waals surface area contributed by atoms with Gasteiger partial charge in [0, 0.05) is 38.8 Å². The van der Waals surface area contributed by atoms with Crippen LogP contribution >= 0.6 is 11.3 Å². The average molecular weight is 405 g/mol. The van der Waals surface area contributed by atoms with Crippen molar-refractivity contribution < 1.29 is 27.9 Å². The number of carbonyl (C=O) groups excluding carboxylic acids is 1. The van der Waals surface area contributed by atoms with E-state index in [-0.39, 0.29) is 5.91 Å². The van der Waals surface area contributed by atoms with E-state index in [1.165, 1.54) is 0 Å². The lowest BCUT2D eigenvalue weighted by atomic mass is 10.3. The van der Waals surface area contributed by atoms with Gasteiger partial charge in [-0.3, -0.25) is 9.69 Å². The zero-order chi connectivity index (χ0) is 20.2. The van der Waals surface area contributed by atoms with E-state index in [1.54, 1.807) is 36.5 Å². The second-order valence-electron chi connectivity index (χ2n) is 5.85. The number of rotatable bonds is 3. The number of carboxylic acid groups (broad SMARTS) is 1. The first-order valence-electron chi connectivity index (χ1n) is 7.76. The molecule has 27 heavy (non-hydrogen) atoms. The molecule has 1 aliphatic heterocycles. The van der Waals surface area contributed by atoms with Crippen molar-refractivity contribution in [3.63, 3.8) is 0 Å². The fourth-order valence-electron chi connectivity index (χ4n) is 2.37. The van der Waals surface area contributed by atoms with Crippen molar-refractivity contribution in [3.8, 4) is 0 Å². The van der Waals surface area contributed by atoms with Gasteiger partial charge in [-0.1, -0.05) is 0 Å². The van der Waals surface area contributed by atoms with Crippen molar-refractivity contribution in [1.29, 1.82) is 0 Å². The maximum absolute atomic E-state index is 12.1. The lowest BCUT2D eigenvalue weighted by Crippen LogP contribution is -2.35. The molecule has 1 N–H and O–H groups in total. The van der Waals surface area contributed by atoms with Crippen molar-refractivity contribution >= 4 is 23.2 Å². The van der Waals surface area contributed by atoms with E-state index in [2.05, 4.69) is 14.9 Å². The van der Waals surface area contributed by atoms with Crippen molar-refractivity contribution in [2.75, 3.05) is 20.6 Å². The molecule has 148 valence electrons. The number of carboxylic acids is 1. The van der Waals surface area contributed by atoms with Crippen LogP contribution in [-0.4, -0.2) is 68.1 Å². The Morgan fingerprint density at radius 3 is 2.48 bits per heavy atom. The fraction of sp³-hybridized carbons (Fsp3) is 0.467. The molecule has 0 saturated carbocycles. The Morgan fingerprint density at radius 1 is 1.30 bits per heavy atom.